The summed E-state index contributed by atoms with van der Waals surface area (Å²) in [6.45, 7) is 15.9. The molecule has 3 rings (SSSR count). The van der Waals surface area contributed by atoms with Gasteiger partial charge in [0, 0.05) is 29.9 Å². The Morgan fingerprint density at radius 1 is 1.03 bits per heavy atom. The van der Waals surface area contributed by atoms with E-state index in [1.54, 1.807) is 18.3 Å². The lowest BCUT2D eigenvalue weighted by molar-refractivity contribution is -0.156. The molecule has 36 heavy (non-hydrogen) atoms. The van der Waals surface area contributed by atoms with E-state index in [4.69, 9.17) is 19.2 Å². The van der Waals surface area contributed by atoms with Crippen molar-refractivity contribution in [2.24, 2.45) is 0 Å². The van der Waals surface area contributed by atoms with E-state index in [1.807, 2.05) is 32.0 Å². The van der Waals surface area contributed by atoms with Crippen molar-refractivity contribution in [1.29, 1.82) is 0 Å². The Balaban J connectivity index is 1.60. The molecule has 1 heterocycles. The van der Waals surface area contributed by atoms with Crippen molar-refractivity contribution in [1.82, 2.24) is 4.98 Å². The van der Waals surface area contributed by atoms with Crippen LogP contribution in [0.25, 0.3) is 10.6 Å². The normalized spacial score (nSPS) is 12.4. The van der Waals surface area contributed by atoms with Crippen LogP contribution >= 0.6 is 11.3 Å². The van der Waals surface area contributed by atoms with Gasteiger partial charge in [-0.15, -0.1) is 11.3 Å². The lowest BCUT2D eigenvalue weighted by atomic mass is 9.87. The number of carbonyl (C=O) groups is 1. The van der Waals surface area contributed by atoms with Crippen molar-refractivity contribution in [3.63, 3.8) is 0 Å². The molecule has 0 radical (unpaired) electrons. The SMILES string of the molecule is CCOC(=O)C(Cc1ccc(OCCc2nc(-c3ccc(C(C)(C)C)cc3)sc2C)c(C)c1)OCC. The second-order valence-corrected chi connectivity index (χ2v) is 11.2. The van der Waals surface area contributed by atoms with E-state index < -0.39 is 6.10 Å². The van der Waals surface area contributed by atoms with Gasteiger partial charge >= 0.3 is 5.97 Å². The predicted molar refractivity (Wildman–Crippen MR) is 147 cm³/mol. The minimum Gasteiger partial charge on any atom is -0.493 e. The molecule has 0 bridgehead atoms. The molecule has 1 atom stereocenters. The lowest BCUT2D eigenvalue weighted by Crippen LogP contribution is -2.29. The molecule has 0 spiro atoms. The van der Waals surface area contributed by atoms with Crippen LogP contribution in [0.4, 0.5) is 0 Å². The smallest absolute Gasteiger partial charge is 0.335 e. The number of benzene rings is 2. The molecule has 1 aromatic heterocycles. The molecular weight excluding hydrogens is 470 g/mol. The van der Waals surface area contributed by atoms with Crippen molar-refractivity contribution in [3.05, 3.63) is 69.7 Å². The minimum absolute atomic E-state index is 0.141. The first-order valence-electron chi connectivity index (χ1n) is 12.7. The fourth-order valence-electron chi connectivity index (χ4n) is 4.02. The number of aromatic nitrogens is 1. The van der Waals surface area contributed by atoms with Crippen molar-refractivity contribution >= 4 is 17.3 Å². The van der Waals surface area contributed by atoms with Crippen LogP contribution in [0.15, 0.2) is 42.5 Å². The maximum Gasteiger partial charge on any atom is 0.335 e. The van der Waals surface area contributed by atoms with E-state index in [1.165, 1.54) is 10.4 Å². The molecule has 0 aliphatic rings. The van der Waals surface area contributed by atoms with Crippen molar-refractivity contribution in [2.45, 2.75) is 72.8 Å². The Labute approximate surface area is 219 Å². The number of aryl methyl sites for hydroxylation is 2. The average Bonchev–Trinajstić information content (AvgIpc) is 3.20. The quantitative estimate of drug-likeness (QED) is 0.264. The third-order valence-electron chi connectivity index (χ3n) is 6.06. The summed E-state index contributed by atoms with van der Waals surface area (Å²) in [6.07, 6.45) is 0.636. The van der Waals surface area contributed by atoms with Gasteiger partial charge in [-0.3, -0.25) is 0 Å². The summed E-state index contributed by atoms with van der Waals surface area (Å²) >= 11 is 1.73. The predicted octanol–water partition coefficient (Wildman–Crippen LogP) is 6.86. The summed E-state index contributed by atoms with van der Waals surface area (Å²) in [6, 6.07) is 14.7. The van der Waals surface area contributed by atoms with Gasteiger partial charge in [-0.25, -0.2) is 9.78 Å². The van der Waals surface area contributed by atoms with Crippen LogP contribution in [0.5, 0.6) is 5.75 Å². The maximum absolute atomic E-state index is 12.2. The molecule has 0 fully saturated rings. The van der Waals surface area contributed by atoms with Gasteiger partial charge in [-0.2, -0.15) is 0 Å². The third-order valence-corrected chi connectivity index (χ3v) is 7.13. The van der Waals surface area contributed by atoms with Crippen molar-refractivity contribution in [3.8, 4) is 16.3 Å². The Bertz CT molecular complexity index is 1140. The van der Waals surface area contributed by atoms with E-state index in [0.29, 0.717) is 26.2 Å². The van der Waals surface area contributed by atoms with E-state index in [-0.39, 0.29) is 11.4 Å². The van der Waals surface area contributed by atoms with Crippen LogP contribution in [0.3, 0.4) is 0 Å². The Morgan fingerprint density at radius 2 is 1.75 bits per heavy atom. The van der Waals surface area contributed by atoms with Crippen molar-refractivity contribution < 1.29 is 19.0 Å². The zero-order chi connectivity index (χ0) is 26.3. The second kappa shape index (κ2) is 12.5. The monoisotopic (exact) mass is 509 g/mol. The number of rotatable bonds is 11. The molecule has 0 N–H and O–H groups in total. The largest absolute Gasteiger partial charge is 0.493 e. The number of nitrogens with zero attached hydrogens (tertiary/aromatic N) is 1. The van der Waals surface area contributed by atoms with Gasteiger partial charge in [0.05, 0.1) is 18.9 Å². The van der Waals surface area contributed by atoms with Crippen LogP contribution in [-0.4, -0.2) is 36.9 Å². The number of thiazole rings is 1. The summed E-state index contributed by atoms with van der Waals surface area (Å²) in [7, 11) is 0. The second-order valence-electron chi connectivity index (χ2n) is 9.95. The van der Waals surface area contributed by atoms with Crippen LogP contribution in [0.2, 0.25) is 0 Å². The summed E-state index contributed by atoms with van der Waals surface area (Å²) in [5, 5.41) is 1.05. The highest BCUT2D eigenvalue weighted by molar-refractivity contribution is 7.15. The number of ether oxygens (including phenoxy) is 3. The van der Waals surface area contributed by atoms with Gasteiger partial charge in [0.15, 0.2) is 6.10 Å². The number of esters is 1. The molecule has 3 aromatic rings. The van der Waals surface area contributed by atoms with Crippen LogP contribution in [-0.2, 0) is 32.5 Å². The summed E-state index contributed by atoms with van der Waals surface area (Å²) in [4.78, 5) is 18.3. The standard InChI is InChI=1S/C30H39NO4S/c1-8-33-27(29(32)34-9-2)19-22-10-15-26(20(3)18-22)35-17-16-25-21(4)36-28(31-25)23-11-13-24(14-12-23)30(5,6)7/h10-15,18,27H,8-9,16-17,19H2,1-7H3. The van der Waals surface area contributed by atoms with E-state index >= 15 is 0 Å². The third kappa shape index (κ3) is 7.40. The molecule has 5 nitrogen and oxygen atoms in total. The molecule has 6 heteroatoms. The van der Waals surface area contributed by atoms with Crippen molar-refractivity contribution in [2.75, 3.05) is 19.8 Å². The van der Waals surface area contributed by atoms with E-state index in [0.717, 1.165) is 39.6 Å². The highest BCUT2D eigenvalue weighted by atomic mass is 32.1. The first kappa shape index (κ1) is 27.9. The lowest BCUT2D eigenvalue weighted by Gasteiger charge is -2.18. The highest BCUT2D eigenvalue weighted by Gasteiger charge is 2.21. The molecule has 0 amide bonds. The summed E-state index contributed by atoms with van der Waals surface area (Å²) < 4.78 is 16.8. The molecule has 0 aliphatic heterocycles. The maximum atomic E-state index is 12.2. The topological polar surface area (TPSA) is 57.7 Å². The van der Waals surface area contributed by atoms with E-state index in [2.05, 4.69) is 52.0 Å². The molecule has 2 aromatic carbocycles. The van der Waals surface area contributed by atoms with Crippen LogP contribution in [0, 0.1) is 13.8 Å². The summed E-state index contributed by atoms with van der Waals surface area (Å²) in [5.74, 6) is 0.522. The highest BCUT2D eigenvalue weighted by Crippen LogP contribution is 2.30. The van der Waals surface area contributed by atoms with Gasteiger partial charge in [0.2, 0.25) is 0 Å². The molecule has 0 aliphatic carbocycles. The molecule has 1 unspecified atom stereocenters. The molecule has 194 valence electrons. The van der Waals surface area contributed by atoms with Gasteiger partial charge in [-0.1, -0.05) is 57.2 Å². The molecule has 0 saturated carbocycles. The van der Waals surface area contributed by atoms with Gasteiger partial charge < -0.3 is 14.2 Å². The van der Waals surface area contributed by atoms with Gasteiger partial charge in [0.1, 0.15) is 10.8 Å². The Hall–Kier alpha value is -2.70. The summed E-state index contributed by atoms with van der Waals surface area (Å²) in [5.41, 5.74) is 5.75. The first-order chi connectivity index (χ1) is 17.1. The number of carbonyl (C=O) groups excluding carboxylic acids is 1. The molecule has 0 saturated heterocycles. The Morgan fingerprint density at radius 3 is 2.36 bits per heavy atom. The van der Waals surface area contributed by atoms with E-state index in [9.17, 15) is 4.79 Å². The first-order valence-corrected chi connectivity index (χ1v) is 13.5. The van der Waals surface area contributed by atoms with Gasteiger partial charge in [-0.05, 0) is 55.9 Å². The Kier molecular flexibility index (Phi) is 9.69. The number of hydrogen-bond acceptors (Lipinski definition) is 6. The zero-order valence-corrected chi connectivity index (χ0v) is 23.5. The fourth-order valence-corrected chi connectivity index (χ4v) is 4.98. The van der Waals surface area contributed by atoms with Gasteiger partial charge in [0.25, 0.3) is 0 Å². The fraction of sp³-hybridized carbons (Fsp3) is 0.467. The minimum atomic E-state index is -0.590. The van der Waals surface area contributed by atoms with Crippen LogP contribution < -0.4 is 4.74 Å². The molecular formula is C30H39NO4S. The van der Waals surface area contributed by atoms with Crippen LogP contribution in [0.1, 0.15) is 61.9 Å². The average molecular weight is 510 g/mol. The zero-order valence-electron chi connectivity index (χ0n) is 22.6. The number of hydrogen-bond donors (Lipinski definition) is 0.